The number of nitrogens with zero attached hydrogens (tertiary/aromatic N) is 1. The van der Waals surface area contributed by atoms with Crippen molar-refractivity contribution in [3.8, 4) is 0 Å². The molecule has 2 fully saturated rings. The van der Waals surface area contributed by atoms with E-state index in [1.165, 1.54) is 0 Å². The molecule has 2 aliphatic rings. The summed E-state index contributed by atoms with van der Waals surface area (Å²) in [5.74, 6) is -0.921. The molecule has 0 aromatic rings. The molecule has 1 saturated carbocycles. The Morgan fingerprint density at radius 1 is 1.32 bits per heavy atom. The zero-order valence-electron chi connectivity index (χ0n) is 11.3. The first-order valence-electron chi connectivity index (χ1n) is 6.70. The van der Waals surface area contributed by atoms with E-state index >= 15 is 0 Å². The van der Waals surface area contributed by atoms with E-state index < -0.39 is 27.2 Å². The van der Waals surface area contributed by atoms with Gasteiger partial charge in [0.05, 0.1) is 11.2 Å². The van der Waals surface area contributed by atoms with Crippen LogP contribution in [0.15, 0.2) is 0 Å². The zero-order chi connectivity index (χ0) is 14.2. The van der Waals surface area contributed by atoms with Gasteiger partial charge in [0.2, 0.25) is 10.0 Å². The molecule has 110 valence electrons. The molecule has 0 radical (unpaired) electrons. The number of rotatable bonds is 3. The minimum atomic E-state index is -3.50. The van der Waals surface area contributed by atoms with Crippen LogP contribution in [-0.2, 0) is 14.8 Å². The summed E-state index contributed by atoms with van der Waals surface area (Å²) in [6.07, 6.45) is 1.64. The van der Waals surface area contributed by atoms with Gasteiger partial charge in [-0.3, -0.25) is 4.79 Å². The lowest BCUT2D eigenvalue weighted by atomic mass is 10.1. The first-order valence-corrected chi connectivity index (χ1v) is 9.26. The number of hydrogen-bond acceptors (Lipinski definition) is 4. The summed E-state index contributed by atoms with van der Waals surface area (Å²) in [4.78, 5) is 11.2. The Kier molecular flexibility index (Phi) is 4.47. The largest absolute Gasteiger partial charge is 0.481 e. The molecule has 1 heterocycles. The van der Waals surface area contributed by atoms with Crippen LogP contribution < -0.4 is 0 Å². The minimum absolute atomic E-state index is 0.0567. The zero-order valence-corrected chi connectivity index (χ0v) is 12.9. The van der Waals surface area contributed by atoms with E-state index in [2.05, 4.69) is 0 Å². The van der Waals surface area contributed by atoms with Gasteiger partial charge in [0.25, 0.3) is 0 Å². The number of thioether (sulfide) groups is 1. The molecule has 0 aromatic heterocycles. The molecule has 5 nitrogen and oxygen atoms in total. The third-order valence-electron chi connectivity index (χ3n) is 4.31. The molecule has 0 aromatic carbocycles. The van der Waals surface area contributed by atoms with E-state index in [0.717, 1.165) is 5.75 Å². The van der Waals surface area contributed by atoms with Crippen LogP contribution in [0.5, 0.6) is 0 Å². The molecule has 1 aliphatic heterocycles. The Balaban J connectivity index is 2.24. The van der Waals surface area contributed by atoms with Crippen molar-refractivity contribution in [1.29, 1.82) is 0 Å². The average molecular weight is 307 g/mol. The summed E-state index contributed by atoms with van der Waals surface area (Å²) in [6.45, 7) is 4.45. The van der Waals surface area contributed by atoms with Crippen LogP contribution in [0.3, 0.4) is 0 Å². The summed E-state index contributed by atoms with van der Waals surface area (Å²) in [5.41, 5.74) is 0. The maximum Gasteiger partial charge on any atom is 0.307 e. The molecule has 1 saturated heterocycles. The highest BCUT2D eigenvalue weighted by atomic mass is 32.2. The van der Waals surface area contributed by atoms with Gasteiger partial charge in [-0.05, 0) is 19.8 Å². The van der Waals surface area contributed by atoms with E-state index in [-0.39, 0.29) is 11.3 Å². The van der Waals surface area contributed by atoms with Crippen LogP contribution in [0.4, 0.5) is 0 Å². The number of hydrogen-bond donors (Lipinski definition) is 1. The van der Waals surface area contributed by atoms with Crippen molar-refractivity contribution < 1.29 is 18.3 Å². The second-order valence-corrected chi connectivity index (χ2v) is 8.98. The Morgan fingerprint density at radius 3 is 2.63 bits per heavy atom. The number of aliphatic carboxylic acids is 1. The monoisotopic (exact) mass is 307 g/mol. The van der Waals surface area contributed by atoms with Crippen molar-refractivity contribution in [3.63, 3.8) is 0 Å². The van der Waals surface area contributed by atoms with Crippen LogP contribution in [0.25, 0.3) is 0 Å². The lowest BCUT2D eigenvalue weighted by Gasteiger charge is -2.38. The number of sulfonamides is 1. The Morgan fingerprint density at radius 2 is 2.00 bits per heavy atom. The smallest absolute Gasteiger partial charge is 0.307 e. The van der Waals surface area contributed by atoms with Gasteiger partial charge in [0, 0.05) is 23.6 Å². The molecule has 2 rings (SSSR count). The quantitative estimate of drug-likeness (QED) is 0.853. The van der Waals surface area contributed by atoms with Crippen LogP contribution >= 0.6 is 11.8 Å². The van der Waals surface area contributed by atoms with E-state index in [1.54, 1.807) is 16.1 Å². The fourth-order valence-corrected chi connectivity index (χ4v) is 6.77. The molecule has 1 aliphatic carbocycles. The van der Waals surface area contributed by atoms with E-state index in [1.807, 2.05) is 13.8 Å². The average Bonchev–Trinajstić information content (AvgIpc) is 2.82. The molecule has 4 atom stereocenters. The van der Waals surface area contributed by atoms with Gasteiger partial charge in [-0.1, -0.05) is 13.3 Å². The Bertz CT molecular complexity index is 451. The first kappa shape index (κ1) is 15.1. The second kappa shape index (κ2) is 5.61. The molecule has 4 unspecified atom stereocenters. The van der Waals surface area contributed by atoms with Crippen molar-refractivity contribution in [2.24, 2.45) is 5.92 Å². The van der Waals surface area contributed by atoms with Gasteiger partial charge in [-0.15, -0.1) is 0 Å². The van der Waals surface area contributed by atoms with Crippen molar-refractivity contribution >= 4 is 27.8 Å². The number of carboxylic acid groups (broad SMARTS) is 1. The topological polar surface area (TPSA) is 74.7 Å². The lowest BCUT2D eigenvalue weighted by Crippen LogP contribution is -2.52. The van der Waals surface area contributed by atoms with Crippen LogP contribution in [0.2, 0.25) is 0 Å². The molecule has 0 bridgehead atoms. The lowest BCUT2D eigenvalue weighted by molar-refractivity contribution is -0.141. The maximum absolute atomic E-state index is 12.7. The molecule has 1 N–H and O–H groups in total. The van der Waals surface area contributed by atoms with E-state index in [0.29, 0.717) is 25.8 Å². The van der Waals surface area contributed by atoms with Crippen molar-refractivity contribution in [2.45, 2.75) is 49.7 Å². The van der Waals surface area contributed by atoms with Crippen molar-refractivity contribution in [2.75, 3.05) is 12.3 Å². The first-order chi connectivity index (χ1) is 8.85. The molecular formula is C12H21NO4S2. The Hall–Kier alpha value is -0.270. The minimum Gasteiger partial charge on any atom is -0.481 e. The summed E-state index contributed by atoms with van der Waals surface area (Å²) < 4.78 is 27.0. The summed E-state index contributed by atoms with van der Waals surface area (Å²) in [6, 6.07) is -0.0567. The second-order valence-electron chi connectivity index (χ2n) is 5.39. The standard InChI is InChI=1S/C12H21NO4S2/c1-8-9(2)18-7-6-13(8)19(16,17)11-5-3-4-10(11)12(14)15/h8-11H,3-7H2,1-2H3,(H,14,15). The third kappa shape index (κ3) is 2.78. The van der Waals surface area contributed by atoms with Gasteiger partial charge < -0.3 is 5.11 Å². The van der Waals surface area contributed by atoms with Crippen LogP contribution in [-0.4, -0.2) is 52.6 Å². The number of carboxylic acids is 1. The SMILES string of the molecule is CC1SCCN(S(=O)(=O)C2CCCC2C(=O)O)C1C. The van der Waals surface area contributed by atoms with Gasteiger partial charge >= 0.3 is 5.97 Å². The highest BCUT2D eigenvalue weighted by Crippen LogP contribution is 2.36. The highest BCUT2D eigenvalue weighted by Gasteiger charge is 2.46. The Labute approximate surface area is 118 Å². The summed E-state index contributed by atoms with van der Waals surface area (Å²) in [7, 11) is -3.50. The molecule has 7 heteroatoms. The number of carbonyl (C=O) groups is 1. The summed E-state index contributed by atoms with van der Waals surface area (Å²) in [5, 5.41) is 8.70. The predicted octanol–water partition coefficient (Wildman–Crippen LogP) is 1.40. The van der Waals surface area contributed by atoms with Gasteiger partial charge in [0.1, 0.15) is 0 Å². The highest BCUT2D eigenvalue weighted by molar-refractivity contribution is 8.00. The van der Waals surface area contributed by atoms with Crippen LogP contribution in [0, 0.1) is 5.92 Å². The molecule has 19 heavy (non-hydrogen) atoms. The van der Waals surface area contributed by atoms with Gasteiger partial charge in [-0.25, -0.2) is 8.42 Å². The van der Waals surface area contributed by atoms with Crippen LogP contribution in [0.1, 0.15) is 33.1 Å². The fraction of sp³-hybridized carbons (Fsp3) is 0.917. The maximum atomic E-state index is 12.7. The molecule has 0 amide bonds. The summed E-state index contributed by atoms with van der Waals surface area (Å²) >= 11 is 1.77. The van der Waals surface area contributed by atoms with Crippen molar-refractivity contribution in [3.05, 3.63) is 0 Å². The van der Waals surface area contributed by atoms with E-state index in [4.69, 9.17) is 0 Å². The van der Waals surface area contributed by atoms with Crippen molar-refractivity contribution in [1.82, 2.24) is 4.31 Å². The molecular weight excluding hydrogens is 286 g/mol. The predicted molar refractivity (Wildman–Crippen MR) is 75.8 cm³/mol. The van der Waals surface area contributed by atoms with Gasteiger partial charge in [-0.2, -0.15) is 16.1 Å². The third-order valence-corrected chi connectivity index (χ3v) is 8.14. The van der Waals surface area contributed by atoms with E-state index in [9.17, 15) is 18.3 Å². The fourth-order valence-electron chi connectivity index (χ4n) is 3.00. The normalized spacial score (nSPS) is 37.4. The van der Waals surface area contributed by atoms with Gasteiger partial charge in [0.15, 0.2) is 0 Å². The molecule has 0 spiro atoms.